The highest BCUT2D eigenvalue weighted by Gasteiger charge is 2.24. The number of thiophene rings is 1. The predicted octanol–water partition coefficient (Wildman–Crippen LogP) is 1.51. The SMILES string of the molecule is OCC1CCN(c2ncnc3ccsc23)C1. The topological polar surface area (TPSA) is 49.2 Å². The number of nitrogens with zero attached hydrogens (tertiary/aromatic N) is 3. The molecule has 0 aromatic carbocycles. The Morgan fingerprint density at radius 1 is 1.50 bits per heavy atom. The smallest absolute Gasteiger partial charge is 0.150 e. The number of fused-ring (bicyclic) bond motifs is 1. The van der Waals surface area contributed by atoms with E-state index in [1.165, 1.54) is 0 Å². The van der Waals surface area contributed by atoms with Crippen molar-refractivity contribution >= 4 is 27.4 Å². The molecule has 2 aromatic rings. The molecule has 2 aromatic heterocycles. The molecule has 5 heteroatoms. The molecule has 1 aliphatic rings. The Bertz CT molecular complexity index is 499. The summed E-state index contributed by atoms with van der Waals surface area (Å²) in [5.41, 5.74) is 1.02. The van der Waals surface area contributed by atoms with Gasteiger partial charge in [0, 0.05) is 25.6 Å². The molecule has 3 rings (SSSR count). The van der Waals surface area contributed by atoms with Gasteiger partial charge >= 0.3 is 0 Å². The molecule has 0 saturated carbocycles. The standard InChI is InChI=1S/C11H13N3OS/c15-6-8-1-3-14(5-8)11-10-9(2-4-16-10)12-7-13-11/h2,4,7-8,15H,1,3,5-6H2. The van der Waals surface area contributed by atoms with E-state index < -0.39 is 0 Å². The van der Waals surface area contributed by atoms with E-state index in [4.69, 9.17) is 5.11 Å². The lowest BCUT2D eigenvalue weighted by atomic mass is 10.1. The first-order valence-electron chi connectivity index (χ1n) is 5.42. The first-order valence-corrected chi connectivity index (χ1v) is 6.30. The van der Waals surface area contributed by atoms with Crippen molar-refractivity contribution in [1.82, 2.24) is 9.97 Å². The van der Waals surface area contributed by atoms with Crippen molar-refractivity contribution in [3.05, 3.63) is 17.8 Å². The van der Waals surface area contributed by atoms with E-state index in [9.17, 15) is 0 Å². The Morgan fingerprint density at radius 2 is 2.44 bits per heavy atom. The van der Waals surface area contributed by atoms with Crippen LogP contribution >= 0.6 is 11.3 Å². The highest BCUT2D eigenvalue weighted by Crippen LogP contribution is 2.30. The van der Waals surface area contributed by atoms with E-state index in [1.807, 2.05) is 11.4 Å². The molecule has 0 aliphatic carbocycles. The third kappa shape index (κ3) is 1.56. The zero-order valence-corrected chi connectivity index (χ0v) is 9.65. The summed E-state index contributed by atoms with van der Waals surface area (Å²) in [6.45, 7) is 2.16. The largest absolute Gasteiger partial charge is 0.396 e. The molecule has 1 aliphatic heterocycles. The number of hydrogen-bond donors (Lipinski definition) is 1. The molecule has 0 amide bonds. The van der Waals surface area contributed by atoms with E-state index in [1.54, 1.807) is 17.7 Å². The van der Waals surface area contributed by atoms with Gasteiger partial charge in [-0.25, -0.2) is 9.97 Å². The van der Waals surface area contributed by atoms with Crippen molar-refractivity contribution in [3.8, 4) is 0 Å². The number of aromatic nitrogens is 2. The molecule has 0 bridgehead atoms. The second-order valence-electron chi connectivity index (χ2n) is 4.12. The van der Waals surface area contributed by atoms with Gasteiger partial charge in [0.25, 0.3) is 0 Å². The number of aliphatic hydroxyl groups excluding tert-OH is 1. The van der Waals surface area contributed by atoms with Crippen molar-refractivity contribution in [1.29, 1.82) is 0 Å². The van der Waals surface area contributed by atoms with Crippen molar-refractivity contribution in [2.45, 2.75) is 6.42 Å². The summed E-state index contributed by atoms with van der Waals surface area (Å²) in [7, 11) is 0. The lowest BCUT2D eigenvalue weighted by Crippen LogP contribution is -2.21. The van der Waals surface area contributed by atoms with Crippen LogP contribution in [0.25, 0.3) is 10.2 Å². The van der Waals surface area contributed by atoms with Gasteiger partial charge in [-0.05, 0) is 17.9 Å². The lowest BCUT2D eigenvalue weighted by Gasteiger charge is -2.17. The van der Waals surface area contributed by atoms with Gasteiger partial charge in [0.1, 0.15) is 12.1 Å². The number of rotatable bonds is 2. The van der Waals surface area contributed by atoms with Crippen molar-refractivity contribution < 1.29 is 5.11 Å². The summed E-state index contributed by atoms with van der Waals surface area (Å²) in [4.78, 5) is 10.9. The maximum atomic E-state index is 9.15. The molecule has 0 radical (unpaired) electrons. The normalized spacial score (nSPS) is 20.8. The minimum atomic E-state index is 0.273. The van der Waals surface area contributed by atoms with Crippen molar-refractivity contribution in [2.24, 2.45) is 5.92 Å². The highest BCUT2D eigenvalue weighted by molar-refractivity contribution is 7.17. The van der Waals surface area contributed by atoms with Gasteiger partial charge in [-0.1, -0.05) is 0 Å². The van der Waals surface area contributed by atoms with Gasteiger partial charge in [-0.15, -0.1) is 11.3 Å². The molecule has 1 unspecified atom stereocenters. The fraction of sp³-hybridized carbons (Fsp3) is 0.455. The predicted molar refractivity (Wildman–Crippen MR) is 64.8 cm³/mol. The molecule has 0 spiro atoms. The molecular formula is C11H13N3OS. The van der Waals surface area contributed by atoms with Gasteiger partial charge in [-0.3, -0.25) is 0 Å². The van der Waals surface area contributed by atoms with Crippen LogP contribution in [0.1, 0.15) is 6.42 Å². The fourth-order valence-electron chi connectivity index (χ4n) is 2.18. The summed E-state index contributed by atoms with van der Waals surface area (Å²) >= 11 is 1.68. The maximum absolute atomic E-state index is 9.15. The van der Waals surface area contributed by atoms with Crippen LogP contribution in [0.15, 0.2) is 17.8 Å². The molecule has 3 heterocycles. The van der Waals surface area contributed by atoms with E-state index in [0.717, 1.165) is 35.5 Å². The first-order chi connectivity index (χ1) is 7.88. The summed E-state index contributed by atoms with van der Waals surface area (Å²) in [5.74, 6) is 1.42. The molecule has 4 nitrogen and oxygen atoms in total. The van der Waals surface area contributed by atoms with E-state index >= 15 is 0 Å². The first kappa shape index (κ1) is 9.99. The third-order valence-electron chi connectivity index (χ3n) is 3.07. The van der Waals surface area contributed by atoms with Gasteiger partial charge in [-0.2, -0.15) is 0 Å². The second kappa shape index (κ2) is 3.99. The monoisotopic (exact) mass is 235 g/mol. The Labute approximate surface area is 97.6 Å². The van der Waals surface area contributed by atoms with Crippen LogP contribution < -0.4 is 4.90 Å². The molecular weight excluding hydrogens is 222 g/mol. The summed E-state index contributed by atoms with van der Waals surface area (Å²) in [6, 6.07) is 2.02. The van der Waals surface area contributed by atoms with Crippen molar-refractivity contribution in [2.75, 3.05) is 24.6 Å². The number of hydrogen-bond acceptors (Lipinski definition) is 5. The Hall–Kier alpha value is -1.20. The van der Waals surface area contributed by atoms with Crippen LogP contribution in [-0.4, -0.2) is 34.8 Å². The average Bonchev–Trinajstić information content (AvgIpc) is 2.97. The minimum absolute atomic E-state index is 0.273. The van der Waals surface area contributed by atoms with Crippen molar-refractivity contribution in [3.63, 3.8) is 0 Å². The molecule has 1 atom stereocenters. The zero-order valence-electron chi connectivity index (χ0n) is 8.83. The highest BCUT2D eigenvalue weighted by atomic mass is 32.1. The fourth-order valence-corrected chi connectivity index (χ4v) is 3.04. The van der Waals surface area contributed by atoms with Gasteiger partial charge in [0.05, 0.1) is 10.2 Å². The van der Waals surface area contributed by atoms with Gasteiger partial charge in [0.15, 0.2) is 0 Å². The summed E-state index contributed by atoms with van der Waals surface area (Å²) in [6.07, 6.45) is 2.67. The van der Waals surface area contributed by atoms with Crippen LogP contribution in [0.3, 0.4) is 0 Å². The quantitative estimate of drug-likeness (QED) is 0.857. The Kier molecular flexibility index (Phi) is 2.49. The zero-order chi connectivity index (χ0) is 11.0. The van der Waals surface area contributed by atoms with E-state index in [2.05, 4.69) is 14.9 Å². The number of aliphatic hydroxyl groups is 1. The van der Waals surface area contributed by atoms with Crippen LogP contribution in [0.5, 0.6) is 0 Å². The lowest BCUT2D eigenvalue weighted by molar-refractivity contribution is 0.238. The number of anilines is 1. The molecule has 16 heavy (non-hydrogen) atoms. The average molecular weight is 235 g/mol. The Morgan fingerprint density at radius 3 is 3.25 bits per heavy atom. The van der Waals surface area contributed by atoms with Crippen LogP contribution in [-0.2, 0) is 0 Å². The second-order valence-corrected chi connectivity index (χ2v) is 5.03. The van der Waals surface area contributed by atoms with Gasteiger partial charge < -0.3 is 10.0 Å². The summed E-state index contributed by atoms with van der Waals surface area (Å²) < 4.78 is 1.15. The minimum Gasteiger partial charge on any atom is -0.396 e. The molecule has 84 valence electrons. The molecule has 1 fully saturated rings. The van der Waals surface area contributed by atoms with E-state index in [-0.39, 0.29) is 6.61 Å². The van der Waals surface area contributed by atoms with Gasteiger partial charge in [0.2, 0.25) is 0 Å². The third-order valence-corrected chi connectivity index (χ3v) is 3.97. The molecule has 1 N–H and O–H groups in total. The maximum Gasteiger partial charge on any atom is 0.150 e. The van der Waals surface area contributed by atoms with Crippen LogP contribution in [0, 0.1) is 5.92 Å². The Balaban J connectivity index is 1.97. The van der Waals surface area contributed by atoms with Crippen LogP contribution in [0.4, 0.5) is 5.82 Å². The van der Waals surface area contributed by atoms with Crippen LogP contribution in [0.2, 0.25) is 0 Å². The van der Waals surface area contributed by atoms with E-state index in [0.29, 0.717) is 5.92 Å². The summed E-state index contributed by atoms with van der Waals surface area (Å²) in [5, 5.41) is 11.2. The molecule has 1 saturated heterocycles.